The minimum Gasteiger partial charge on any atom is -0.480 e. The van der Waals surface area contributed by atoms with Gasteiger partial charge in [0, 0.05) is 13.1 Å². The van der Waals surface area contributed by atoms with Crippen LogP contribution in [0.15, 0.2) is 9.98 Å². The number of nitrogens with zero attached hydrogens (tertiary/aromatic N) is 2. The van der Waals surface area contributed by atoms with E-state index >= 15 is 0 Å². The van der Waals surface area contributed by atoms with Crippen molar-refractivity contribution in [3.63, 3.8) is 0 Å². The molecule has 0 spiro atoms. The summed E-state index contributed by atoms with van der Waals surface area (Å²) in [6, 6.07) is -3.61. The fourth-order valence-electron chi connectivity index (χ4n) is 2.34. The van der Waals surface area contributed by atoms with Crippen molar-refractivity contribution in [1.82, 2.24) is 10.6 Å². The zero-order valence-corrected chi connectivity index (χ0v) is 17.0. The maximum absolute atomic E-state index is 12.4. The Morgan fingerprint density at radius 2 is 1.40 bits per heavy atom. The fourth-order valence-corrected chi connectivity index (χ4v) is 2.34. The molecule has 0 aromatic rings. The molecule has 0 aromatic heterocycles. The van der Waals surface area contributed by atoms with Crippen LogP contribution in [0.4, 0.5) is 0 Å². The molecule has 0 fully saturated rings. The van der Waals surface area contributed by atoms with Crippen LogP contribution >= 0.6 is 0 Å². The summed E-state index contributed by atoms with van der Waals surface area (Å²) in [6.45, 7) is 1.75. The summed E-state index contributed by atoms with van der Waals surface area (Å²) >= 11 is 0. The first-order valence-electron chi connectivity index (χ1n) is 9.33. The molecule has 0 bridgehead atoms. The van der Waals surface area contributed by atoms with Crippen LogP contribution in [0, 0.1) is 0 Å². The molecule has 0 aliphatic heterocycles. The van der Waals surface area contributed by atoms with Crippen LogP contribution in [0.1, 0.15) is 32.6 Å². The van der Waals surface area contributed by atoms with Crippen LogP contribution in [0.3, 0.4) is 0 Å². The topological polar surface area (TPSA) is 271 Å². The lowest BCUT2D eigenvalue weighted by Crippen LogP contribution is -2.58. The number of nitrogens with two attached hydrogens (primary N) is 5. The minimum absolute atomic E-state index is 0.0443. The van der Waals surface area contributed by atoms with Gasteiger partial charge in [-0.2, -0.15) is 0 Å². The van der Waals surface area contributed by atoms with E-state index in [4.69, 9.17) is 28.7 Å². The van der Waals surface area contributed by atoms with Gasteiger partial charge in [-0.3, -0.25) is 19.6 Å². The Bertz CT molecular complexity index is 631. The minimum atomic E-state index is -1.39. The Balaban J connectivity index is 4.82. The second kappa shape index (κ2) is 13.9. The number of guanidine groups is 2. The quantitative estimate of drug-likeness (QED) is 0.0727. The number of aliphatic imine (C=N–C) groups is 2. The number of amides is 2. The van der Waals surface area contributed by atoms with Crippen molar-refractivity contribution in [2.45, 2.75) is 56.8 Å². The summed E-state index contributed by atoms with van der Waals surface area (Å²) in [5.74, 6) is -3.02. The summed E-state index contributed by atoms with van der Waals surface area (Å²) in [6.07, 6.45) is -0.294. The van der Waals surface area contributed by atoms with Gasteiger partial charge in [-0.05, 0) is 32.6 Å². The lowest BCUT2D eigenvalue weighted by molar-refractivity contribution is -0.143. The van der Waals surface area contributed by atoms with Crippen LogP contribution in [-0.2, 0) is 14.4 Å². The predicted molar refractivity (Wildman–Crippen MR) is 111 cm³/mol. The standard InChI is InChI=1S/C16H33N9O5/c1-8(26)11(25-12(27)9(17)4-2-6-22-15(18)19)13(28)24-10(14(29)30)5-3-7-23-16(20)21/h8-11,26H,2-7,17H2,1H3,(H,24,28)(H,25,27)(H,29,30)(H4,18,19,22)(H4,20,21,23)/t8-,9+,10+,11+/m1/s1. The number of nitrogens with one attached hydrogen (secondary N) is 2. The van der Waals surface area contributed by atoms with Crippen molar-refractivity contribution in [2.75, 3.05) is 13.1 Å². The van der Waals surface area contributed by atoms with Gasteiger partial charge in [0.1, 0.15) is 12.1 Å². The van der Waals surface area contributed by atoms with E-state index < -0.39 is 42.0 Å². The van der Waals surface area contributed by atoms with Gasteiger partial charge in [0.05, 0.1) is 12.1 Å². The van der Waals surface area contributed by atoms with E-state index in [1.807, 2.05) is 0 Å². The highest BCUT2D eigenvalue weighted by Gasteiger charge is 2.30. The molecule has 0 aliphatic rings. The molecule has 4 atom stereocenters. The van der Waals surface area contributed by atoms with Crippen LogP contribution in [-0.4, -0.2) is 77.2 Å². The highest BCUT2D eigenvalue weighted by Crippen LogP contribution is 2.03. The van der Waals surface area contributed by atoms with Crippen molar-refractivity contribution in [3.8, 4) is 0 Å². The van der Waals surface area contributed by atoms with Crippen molar-refractivity contribution in [2.24, 2.45) is 38.7 Å². The van der Waals surface area contributed by atoms with Gasteiger partial charge >= 0.3 is 5.97 Å². The molecule has 0 heterocycles. The number of rotatable bonds is 14. The zero-order valence-electron chi connectivity index (χ0n) is 17.0. The number of hydrogen-bond acceptors (Lipinski definition) is 7. The van der Waals surface area contributed by atoms with E-state index in [0.717, 1.165) is 0 Å². The van der Waals surface area contributed by atoms with Gasteiger partial charge < -0.3 is 49.5 Å². The highest BCUT2D eigenvalue weighted by atomic mass is 16.4. The van der Waals surface area contributed by atoms with Gasteiger partial charge in [0.15, 0.2) is 11.9 Å². The Kier molecular flexibility index (Phi) is 12.5. The van der Waals surface area contributed by atoms with Crippen LogP contribution in [0.2, 0.25) is 0 Å². The van der Waals surface area contributed by atoms with Crippen molar-refractivity contribution < 1.29 is 24.6 Å². The normalized spacial score (nSPS) is 14.5. The molecule has 0 aliphatic carbocycles. The number of aliphatic hydroxyl groups excluding tert-OH is 1. The molecule has 172 valence electrons. The molecule has 0 saturated heterocycles. The Hall–Kier alpha value is -3.13. The molecular formula is C16H33N9O5. The Morgan fingerprint density at radius 3 is 1.83 bits per heavy atom. The number of aliphatic carboxylic acids is 1. The maximum Gasteiger partial charge on any atom is 0.326 e. The third-order valence-corrected chi connectivity index (χ3v) is 3.93. The summed E-state index contributed by atoms with van der Waals surface area (Å²) in [7, 11) is 0. The highest BCUT2D eigenvalue weighted by molar-refractivity contribution is 5.92. The Morgan fingerprint density at radius 1 is 0.900 bits per heavy atom. The van der Waals surface area contributed by atoms with E-state index in [9.17, 15) is 24.6 Å². The molecule has 2 amide bonds. The monoisotopic (exact) mass is 431 g/mol. The van der Waals surface area contributed by atoms with E-state index in [0.29, 0.717) is 12.8 Å². The number of carboxylic acid groups (broad SMARTS) is 1. The van der Waals surface area contributed by atoms with E-state index in [1.165, 1.54) is 6.92 Å². The smallest absolute Gasteiger partial charge is 0.326 e. The average molecular weight is 431 g/mol. The lowest BCUT2D eigenvalue weighted by atomic mass is 10.1. The Labute approximate surface area is 174 Å². The first-order valence-corrected chi connectivity index (χ1v) is 9.33. The number of carboxylic acids is 1. The van der Waals surface area contributed by atoms with E-state index in [1.54, 1.807) is 0 Å². The average Bonchev–Trinajstić information content (AvgIpc) is 2.64. The second-order valence-electron chi connectivity index (χ2n) is 6.63. The molecule has 14 N–H and O–H groups in total. The molecule has 30 heavy (non-hydrogen) atoms. The summed E-state index contributed by atoms with van der Waals surface area (Å²) in [5, 5.41) is 23.8. The predicted octanol–water partition coefficient (Wildman–Crippen LogP) is -4.14. The van der Waals surface area contributed by atoms with E-state index in [2.05, 4.69) is 20.6 Å². The van der Waals surface area contributed by atoms with Crippen molar-refractivity contribution >= 4 is 29.7 Å². The van der Waals surface area contributed by atoms with Gasteiger partial charge in [-0.1, -0.05) is 0 Å². The number of hydrogen-bond donors (Lipinski definition) is 9. The van der Waals surface area contributed by atoms with Crippen LogP contribution in [0.5, 0.6) is 0 Å². The van der Waals surface area contributed by atoms with Crippen molar-refractivity contribution in [1.29, 1.82) is 0 Å². The van der Waals surface area contributed by atoms with Gasteiger partial charge in [-0.15, -0.1) is 0 Å². The second-order valence-corrected chi connectivity index (χ2v) is 6.63. The maximum atomic E-state index is 12.4. The first-order chi connectivity index (χ1) is 14.0. The van der Waals surface area contributed by atoms with E-state index in [-0.39, 0.29) is 37.9 Å². The number of carbonyl (C=O) groups is 3. The van der Waals surface area contributed by atoms with Crippen LogP contribution in [0.25, 0.3) is 0 Å². The molecule has 0 rings (SSSR count). The largest absolute Gasteiger partial charge is 0.480 e. The molecule has 0 radical (unpaired) electrons. The summed E-state index contributed by atoms with van der Waals surface area (Å²) < 4.78 is 0. The molecule has 14 heteroatoms. The third-order valence-electron chi connectivity index (χ3n) is 3.93. The fraction of sp³-hybridized carbons (Fsp3) is 0.688. The van der Waals surface area contributed by atoms with Crippen molar-refractivity contribution in [3.05, 3.63) is 0 Å². The number of aliphatic hydroxyl groups is 1. The SMILES string of the molecule is C[C@@H](O)[C@H](NC(=O)[C@@H](N)CCCN=C(N)N)C(=O)N[C@@H](CCCN=C(N)N)C(=O)O. The first kappa shape index (κ1) is 26.9. The van der Waals surface area contributed by atoms with Gasteiger partial charge in [-0.25, -0.2) is 4.79 Å². The summed E-state index contributed by atoms with van der Waals surface area (Å²) in [4.78, 5) is 43.5. The number of carbonyl (C=O) groups excluding carboxylic acids is 2. The van der Waals surface area contributed by atoms with Crippen LogP contribution < -0.4 is 39.3 Å². The molecule has 0 saturated carbocycles. The lowest BCUT2D eigenvalue weighted by Gasteiger charge is -2.24. The molecule has 0 unspecified atom stereocenters. The van der Waals surface area contributed by atoms with Gasteiger partial charge in [0.25, 0.3) is 0 Å². The summed E-state index contributed by atoms with van der Waals surface area (Å²) in [5.41, 5.74) is 26.6. The molecule has 0 aromatic carbocycles. The zero-order chi connectivity index (χ0) is 23.3. The molecule has 14 nitrogen and oxygen atoms in total. The molecular weight excluding hydrogens is 398 g/mol. The van der Waals surface area contributed by atoms with Gasteiger partial charge in [0.2, 0.25) is 11.8 Å². The third kappa shape index (κ3) is 11.7.